The topological polar surface area (TPSA) is 80.4 Å². The highest BCUT2D eigenvalue weighted by atomic mass is 35.5. The van der Waals surface area contributed by atoms with Crippen LogP contribution in [-0.2, 0) is 6.54 Å². The van der Waals surface area contributed by atoms with Crippen LogP contribution in [0.25, 0.3) is 22.2 Å². The van der Waals surface area contributed by atoms with E-state index in [4.69, 9.17) is 21.4 Å². The number of para-hydroxylation sites is 1. The van der Waals surface area contributed by atoms with Crippen molar-refractivity contribution in [3.63, 3.8) is 0 Å². The summed E-state index contributed by atoms with van der Waals surface area (Å²) in [5.41, 5.74) is 2.36. The highest BCUT2D eigenvalue weighted by Gasteiger charge is 2.17. The molecule has 0 saturated carbocycles. The van der Waals surface area contributed by atoms with Crippen LogP contribution in [0.2, 0.25) is 5.15 Å². The monoisotopic (exact) mass is 395 g/mol. The molecule has 2 heterocycles. The Hall–Kier alpha value is -2.93. The maximum absolute atomic E-state index is 9.83. The van der Waals surface area contributed by atoms with Gasteiger partial charge in [0.2, 0.25) is 0 Å². The zero-order valence-electron chi connectivity index (χ0n) is 14.9. The van der Waals surface area contributed by atoms with E-state index in [1.54, 1.807) is 4.57 Å². The van der Waals surface area contributed by atoms with Crippen molar-refractivity contribution in [1.29, 1.82) is 0 Å². The van der Waals surface area contributed by atoms with E-state index in [1.165, 1.54) is 6.33 Å². The molecule has 0 radical (unpaired) electrons. The third-order valence-corrected chi connectivity index (χ3v) is 4.66. The summed E-state index contributed by atoms with van der Waals surface area (Å²) in [7, 11) is 0. The molecule has 1 atom stereocenters. The van der Waals surface area contributed by atoms with E-state index < -0.39 is 6.10 Å². The molecule has 6 nitrogen and oxygen atoms in total. The van der Waals surface area contributed by atoms with Crippen molar-refractivity contribution < 1.29 is 14.9 Å². The molecule has 0 aliphatic rings. The fourth-order valence-corrected chi connectivity index (χ4v) is 3.29. The summed E-state index contributed by atoms with van der Waals surface area (Å²) in [4.78, 5) is 8.38. The van der Waals surface area contributed by atoms with Crippen LogP contribution in [-0.4, -0.2) is 37.5 Å². The zero-order valence-corrected chi connectivity index (χ0v) is 15.6. The Morgan fingerprint density at radius 1 is 1.00 bits per heavy atom. The van der Waals surface area contributed by atoms with Gasteiger partial charge in [-0.3, -0.25) is 0 Å². The zero-order chi connectivity index (χ0) is 19.5. The molecule has 2 aromatic heterocycles. The Morgan fingerprint density at radius 3 is 2.43 bits per heavy atom. The molecule has 4 aromatic rings. The number of fused-ring (bicyclic) bond motifs is 1. The maximum Gasteiger partial charge on any atom is 0.145 e. The number of ether oxygens (including phenoxy) is 1. The normalized spacial score (nSPS) is 12.2. The highest BCUT2D eigenvalue weighted by Crippen LogP contribution is 2.34. The van der Waals surface area contributed by atoms with Gasteiger partial charge in [0.15, 0.2) is 0 Å². The lowest BCUT2D eigenvalue weighted by molar-refractivity contribution is 0.0821. The molecular weight excluding hydrogens is 378 g/mol. The van der Waals surface area contributed by atoms with Crippen LogP contribution in [0.1, 0.15) is 0 Å². The number of hydrogen-bond acceptors (Lipinski definition) is 5. The first-order valence-corrected chi connectivity index (χ1v) is 9.15. The van der Waals surface area contributed by atoms with Gasteiger partial charge < -0.3 is 19.5 Å². The van der Waals surface area contributed by atoms with Crippen LogP contribution in [0.15, 0.2) is 67.1 Å². The number of halogens is 1. The molecule has 0 aliphatic carbocycles. The summed E-state index contributed by atoms with van der Waals surface area (Å²) in [5, 5.41) is 20.0. The molecule has 2 N–H and O–H groups in total. The molecule has 0 bridgehead atoms. The third-order valence-electron chi connectivity index (χ3n) is 4.37. The first-order chi connectivity index (χ1) is 13.7. The van der Waals surface area contributed by atoms with E-state index in [0.717, 1.165) is 22.6 Å². The van der Waals surface area contributed by atoms with Crippen LogP contribution in [0.4, 0.5) is 0 Å². The van der Waals surface area contributed by atoms with E-state index in [2.05, 4.69) is 9.97 Å². The standard InChI is InChI=1S/C21H18ClN3O3/c22-20-19-18(11-25(10-15(27)12-26)21(19)24-13-23-20)14-6-8-17(9-7-14)28-16-4-2-1-3-5-16/h1-9,11,13,15,26-27H,10,12H2. The van der Waals surface area contributed by atoms with Crippen molar-refractivity contribution in [1.82, 2.24) is 14.5 Å². The Balaban J connectivity index is 1.70. The second-order valence-electron chi connectivity index (χ2n) is 6.33. The minimum Gasteiger partial charge on any atom is -0.457 e. The summed E-state index contributed by atoms with van der Waals surface area (Å²) >= 11 is 6.33. The van der Waals surface area contributed by atoms with Gasteiger partial charge in [0.1, 0.15) is 28.6 Å². The Bertz CT molecular complexity index is 1080. The Labute approximate surface area is 166 Å². The number of aromatic nitrogens is 3. The molecule has 2 aromatic carbocycles. The van der Waals surface area contributed by atoms with Crippen molar-refractivity contribution in [2.75, 3.05) is 6.61 Å². The second kappa shape index (κ2) is 7.98. The number of rotatable bonds is 6. The van der Waals surface area contributed by atoms with Crippen molar-refractivity contribution in [2.24, 2.45) is 0 Å². The number of benzene rings is 2. The van der Waals surface area contributed by atoms with Gasteiger partial charge in [-0.15, -0.1) is 0 Å². The summed E-state index contributed by atoms with van der Waals surface area (Å²) in [5.74, 6) is 1.48. The summed E-state index contributed by atoms with van der Waals surface area (Å²) in [6, 6.07) is 17.2. The van der Waals surface area contributed by atoms with Gasteiger partial charge in [-0.1, -0.05) is 41.9 Å². The first-order valence-electron chi connectivity index (χ1n) is 8.77. The van der Waals surface area contributed by atoms with Crippen LogP contribution in [0.5, 0.6) is 11.5 Å². The van der Waals surface area contributed by atoms with Crippen molar-refractivity contribution in [2.45, 2.75) is 12.6 Å². The average molecular weight is 396 g/mol. The summed E-state index contributed by atoms with van der Waals surface area (Å²) in [6.07, 6.45) is 2.35. The minimum atomic E-state index is -0.890. The molecule has 7 heteroatoms. The minimum absolute atomic E-state index is 0.204. The lowest BCUT2D eigenvalue weighted by atomic mass is 10.1. The van der Waals surface area contributed by atoms with Gasteiger partial charge in [-0.25, -0.2) is 9.97 Å². The molecule has 0 fully saturated rings. The smallest absolute Gasteiger partial charge is 0.145 e. The van der Waals surface area contributed by atoms with Gasteiger partial charge in [0.05, 0.1) is 24.6 Å². The number of aliphatic hydroxyl groups is 2. The van der Waals surface area contributed by atoms with Crippen molar-refractivity contribution in [3.8, 4) is 22.6 Å². The van der Waals surface area contributed by atoms with E-state index in [-0.39, 0.29) is 13.2 Å². The first kappa shape index (κ1) is 18.4. The van der Waals surface area contributed by atoms with E-state index >= 15 is 0 Å². The fraction of sp³-hybridized carbons (Fsp3) is 0.143. The largest absolute Gasteiger partial charge is 0.457 e. The molecule has 142 valence electrons. The van der Waals surface area contributed by atoms with Crippen LogP contribution in [0.3, 0.4) is 0 Å². The lowest BCUT2D eigenvalue weighted by Crippen LogP contribution is -2.19. The van der Waals surface area contributed by atoms with Gasteiger partial charge in [-0.05, 0) is 29.8 Å². The lowest BCUT2D eigenvalue weighted by Gasteiger charge is -2.08. The molecule has 0 amide bonds. The third kappa shape index (κ3) is 3.71. The second-order valence-corrected chi connectivity index (χ2v) is 6.69. The van der Waals surface area contributed by atoms with Crippen molar-refractivity contribution >= 4 is 22.6 Å². The van der Waals surface area contributed by atoms with Gasteiger partial charge in [0, 0.05) is 11.8 Å². The van der Waals surface area contributed by atoms with Crippen LogP contribution >= 0.6 is 11.6 Å². The van der Waals surface area contributed by atoms with E-state index in [1.807, 2.05) is 60.8 Å². The maximum atomic E-state index is 9.83. The highest BCUT2D eigenvalue weighted by molar-refractivity contribution is 6.35. The summed E-state index contributed by atoms with van der Waals surface area (Å²) < 4.78 is 7.61. The quantitative estimate of drug-likeness (QED) is 0.484. The molecule has 0 saturated heterocycles. The number of hydrogen-bond donors (Lipinski definition) is 2. The van der Waals surface area contributed by atoms with Gasteiger partial charge >= 0.3 is 0 Å². The Morgan fingerprint density at radius 2 is 1.71 bits per heavy atom. The average Bonchev–Trinajstić information content (AvgIpc) is 3.09. The van der Waals surface area contributed by atoms with Crippen LogP contribution in [0, 0.1) is 0 Å². The summed E-state index contributed by atoms with van der Waals surface area (Å²) in [6.45, 7) is -0.130. The Kier molecular flexibility index (Phi) is 5.25. The fourth-order valence-electron chi connectivity index (χ4n) is 3.06. The van der Waals surface area contributed by atoms with Gasteiger partial charge in [-0.2, -0.15) is 0 Å². The molecule has 0 aliphatic heterocycles. The van der Waals surface area contributed by atoms with Gasteiger partial charge in [0.25, 0.3) is 0 Å². The molecular formula is C21H18ClN3O3. The predicted octanol–water partition coefficient (Wildman–Crippen LogP) is 3.90. The molecule has 4 rings (SSSR count). The molecule has 28 heavy (non-hydrogen) atoms. The van der Waals surface area contributed by atoms with E-state index in [9.17, 15) is 5.11 Å². The number of aliphatic hydroxyl groups excluding tert-OH is 2. The SMILES string of the molecule is OCC(O)Cn1cc(-c2ccc(Oc3ccccc3)cc2)c2c(Cl)ncnc21. The molecule has 0 spiro atoms. The van der Waals surface area contributed by atoms with Crippen molar-refractivity contribution in [3.05, 3.63) is 72.3 Å². The van der Waals surface area contributed by atoms with E-state index in [0.29, 0.717) is 16.2 Å². The predicted molar refractivity (Wildman–Crippen MR) is 108 cm³/mol. The van der Waals surface area contributed by atoms with Crippen LogP contribution < -0.4 is 4.74 Å². The molecule has 1 unspecified atom stereocenters. The number of nitrogens with zero attached hydrogens (tertiary/aromatic N) is 3.